The fourth-order valence-corrected chi connectivity index (χ4v) is 6.80. The smallest absolute Gasteiger partial charge is 0.306 e. The molecule has 0 saturated heterocycles. The minimum absolute atomic E-state index is 0.0868. The number of carbonyl (C=O) groups excluding carboxylic acids is 3. The molecule has 0 aliphatic rings. The Kier molecular flexibility index (Phi) is 45.4. The monoisotopic (exact) mass is 825 g/mol. The second-order valence-electron chi connectivity index (χ2n) is 16.5. The molecule has 1 atom stereocenters. The van der Waals surface area contributed by atoms with Crippen LogP contribution in [-0.4, -0.2) is 37.2 Å². The van der Waals surface area contributed by atoms with Crippen molar-refractivity contribution in [1.29, 1.82) is 0 Å². The molecule has 0 heterocycles. The van der Waals surface area contributed by atoms with Crippen LogP contribution >= 0.6 is 0 Å². The molecule has 0 spiro atoms. The van der Waals surface area contributed by atoms with E-state index in [4.69, 9.17) is 14.2 Å². The van der Waals surface area contributed by atoms with Crippen molar-refractivity contribution in [2.45, 2.75) is 245 Å². The topological polar surface area (TPSA) is 78.9 Å². The van der Waals surface area contributed by atoms with Gasteiger partial charge >= 0.3 is 17.9 Å². The van der Waals surface area contributed by atoms with Crippen molar-refractivity contribution in [2.75, 3.05) is 13.2 Å². The summed E-state index contributed by atoms with van der Waals surface area (Å²) in [6, 6.07) is 0. The number of unbranched alkanes of at least 4 members (excludes halogenated alkanes) is 26. The van der Waals surface area contributed by atoms with E-state index in [9.17, 15) is 14.4 Å². The largest absolute Gasteiger partial charge is 0.462 e. The molecule has 59 heavy (non-hydrogen) atoms. The molecule has 0 bridgehead atoms. The minimum Gasteiger partial charge on any atom is -0.462 e. The highest BCUT2D eigenvalue weighted by atomic mass is 16.6. The Morgan fingerprint density at radius 2 is 0.627 bits per heavy atom. The zero-order valence-electron chi connectivity index (χ0n) is 38.8. The predicted octanol–water partition coefficient (Wildman–Crippen LogP) is 16.1. The molecule has 0 fully saturated rings. The Morgan fingerprint density at radius 3 is 1.05 bits per heavy atom. The van der Waals surface area contributed by atoms with Crippen LogP contribution in [0.1, 0.15) is 239 Å². The van der Waals surface area contributed by atoms with Gasteiger partial charge in [-0.15, -0.1) is 0 Å². The van der Waals surface area contributed by atoms with E-state index in [-0.39, 0.29) is 31.1 Å². The van der Waals surface area contributed by atoms with Gasteiger partial charge in [-0.25, -0.2) is 0 Å². The minimum atomic E-state index is -0.788. The van der Waals surface area contributed by atoms with Gasteiger partial charge in [0, 0.05) is 19.3 Å². The molecular weight excluding hydrogens is 733 g/mol. The third kappa shape index (κ3) is 46.0. The van der Waals surface area contributed by atoms with E-state index in [0.29, 0.717) is 19.3 Å². The fraction of sp³-hybridized carbons (Fsp3) is 0.755. The lowest BCUT2D eigenvalue weighted by molar-refractivity contribution is -0.167. The van der Waals surface area contributed by atoms with Crippen molar-refractivity contribution < 1.29 is 28.6 Å². The molecule has 0 rings (SSSR count). The molecule has 1 unspecified atom stereocenters. The van der Waals surface area contributed by atoms with E-state index in [1.54, 1.807) is 0 Å². The fourth-order valence-electron chi connectivity index (χ4n) is 6.80. The number of ether oxygens (including phenoxy) is 3. The number of carbonyl (C=O) groups is 3. The summed E-state index contributed by atoms with van der Waals surface area (Å²) >= 11 is 0. The van der Waals surface area contributed by atoms with Crippen molar-refractivity contribution >= 4 is 17.9 Å². The first-order chi connectivity index (χ1) is 29.0. The van der Waals surface area contributed by atoms with Crippen LogP contribution in [0, 0.1) is 0 Å². The highest BCUT2D eigenvalue weighted by Gasteiger charge is 2.19. The van der Waals surface area contributed by atoms with Gasteiger partial charge in [0.15, 0.2) is 6.10 Å². The van der Waals surface area contributed by atoms with E-state index in [1.807, 2.05) is 0 Å². The second-order valence-corrected chi connectivity index (χ2v) is 16.5. The maximum atomic E-state index is 12.7. The van der Waals surface area contributed by atoms with Gasteiger partial charge in [0.25, 0.3) is 0 Å². The van der Waals surface area contributed by atoms with Crippen molar-refractivity contribution in [3.05, 3.63) is 60.8 Å². The molecule has 0 saturated carbocycles. The molecule has 0 aromatic carbocycles. The predicted molar refractivity (Wildman–Crippen MR) is 251 cm³/mol. The number of hydrogen-bond donors (Lipinski definition) is 0. The van der Waals surface area contributed by atoms with Gasteiger partial charge in [-0.3, -0.25) is 14.4 Å². The molecular formula is C53H92O6. The summed E-state index contributed by atoms with van der Waals surface area (Å²) in [4.78, 5) is 37.8. The van der Waals surface area contributed by atoms with Crippen molar-refractivity contribution in [2.24, 2.45) is 0 Å². The van der Waals surface area contributed by atoms with Crippen LogP contribution < -0.4 is 0 Å². The number of hydrogen-bond acceptors (Lipinski definition) is 6. The summed E-state index contributed by atoms with van der Waals surface area (Å²) in [6.45, 7) is 6.54. The van der Waals surface area contributed by atoms with Crippen LogP contribution in [-0.2, 0) is 28.6 Å². The van der Waals surface area contributed by atoms with E-state index in [1.165, 1.54) is 103 Å². The van der Waals surface area contributed by atoms with E-state index in [2.05, 4.69) is 81.5 Å². The van der Waals surface area contributed by atoms with Gasteiger partial charge in [0.2, 0.25) is 0 Å². The Labute approximate surface area is 364 Å². The van der Waals surface area contributed by atoms with Crippen LogP contribution in [0.25, 0.3) is 0 Å². The number of allylic oxidation sites excluding steroid dienone is 10. The quantitative estimate of drug-likeness (QED) is 0.0200. The second kappa shape index (κ2) is 47.8. The molecule has 0 aliphatic heterocycles. The maximum absolute atomic E-state index is 12.7. The SMILES string of the molecule is CCCCC\C=C/C=C\C=C/C=C\CCCCCCCC(=O)OCC(COC(=O)CCCCCCCCCCCC)OC(=O)CCCCC/C=C\CCCCCCCC. The summed E-state index contributed by atoms with van der Waals surface area (Å²) in [6.07, 6.45) is 57.7. The molecule has 6 heteroatoms. The van der Waals surface area contributed by atoms with Gasteiger partial charge in [0.1, 0.15) is 13.2 Å². The lowest BCUT2D eigenvalue weighted by Crippen LogP contribution is -2.30. The number of esters is 3. The van der Waals surface area contributed by atoms with E-state index >= 15 is 0 Å². The van der Waals surface area contributed by atoms with Gasteiger partial charge in [-0.1, -0.05) is 210 Å². The van der Waals surface area contributed by atoms with E-state index in [0.717, 1.165) is 96.3 Å². The first-order valence-electron chi connectivity index (χ1n) is 24.8. The van der Waals surface area contributed by atoms with Crippen LogP contribution in [0.4, 0.5) is 0 Å². The van der Waals surface area contributed by atoms with Crippen molar-refractivity contribution in [3.63, 3.8) is 0 Å². The summed E-state index contributed by atoms with van der Waals surface area (Å²) < 4.78 is 16.7. The van der Waals surface area contributed by atoms with Crippen LogP contribution in [0.5, 0.6) is 0 Å². The maximum Gasteiger partial charge on any atom is 0.306 e. The van der Waals surface area contributed by atoms with Crippen molar-refractivity contribution in [1.82, 2.24) is 0 Å². The summed E-state index contributed by atoms with van der Waals surface area (Å²) in [5, 5.41) is 0. The van der Waals surface area contributed by atoms with Gasteiger partial charge in [0.05, 0.1) is 0 Å². The van der Waals surface area contributed by atoms with Crippen LogP contribution in [0.15, 0.2) is 60.8 Å². The Balaban J connectivity index is 4.42. The third-order valence-corrected chi connectivity index (χ3v) is 10.6. The molecule has 0 aromatic rings. The van der Waals surface area contributed by atoms with Crippen LogP contribution in [0.3, 0.4) is 0 Å². The first kappa shape index (κ1) is 56.1. The average Bonchev–Trinajstić information content (AvgIpc) is 3.23. The van der Waals surface area contributed by atoms with Crippen LogP contribution in [0.2, 0.25) is 0 Å². The lowest BCUT2D eigenvalue weighted by atomic mass is 10.1. The first-order valence-corrected chi connectivity index (χ1v) is 24.8. The zero-order valence-corrected chi connectivity index (χ0v) is 38.8. The van der Waals surface area contributed by atoms with Gasteiger partial charge in [-0.2, -0.15) is 0 Å². The molecule has 0 aliphatic carbocycles. The molecule has 0 amide bonds. The highest BCUT2D eigenvalue weighted by molar-refractivity contribution is 5.71. The molecule has 0 radical (unpaired) electrons. The standard InChI is InChI=1S/C53H92O6/c1-4-7-10-13-16-19-22-24-25-26-27-28-30-31-34-37-40-43-46-52(55)58-49-50(48-57-51(54)45-42-39-36-33-21-18-15-12-9-6-3)59-53(56)47-44-41-38-35-32-29-23-20-17-14-11-8-5-2/h16,19,22,24-29,32,50H,4-15,17-18,20-21,23,30-31,33-49H2,1-3H3/b19-16-,24-22-,26-25-,28-27-,32-29-. The summed E-state index contributed by atoms with van der Waals surface area (Å²) in [7, 11) is 0. The Morgan fingerprint density at radius 1 is 0.339 bits per heavy atom. The zero-order chi connectivity index (χ0) is 43.0. The Hall–Kier alpha value is -2.89. The molecule has 340 valence electrons. The lowest BCUT2D eigenvalue weighted by Gasteiger charge is -2.18. The molecule has 6 nitrogen and oxygen atoms in total. The Bertz CT molecular complexity index is 1090. The molecule has 0 N–H and O–H groups in total. The van der Waals surface area contributed by atoms with Crippen molar-refractivity contribution in [3.8, 4) is 0 Å². The number of rotatable bonds is 44. The third-order valence-electron chi connectivity index (χ3n) is 10.6. The van der Waals surface area contributed by atoms with Gasteiger partial charge in [-0.05, 0) is 70.6 Å². The van der Waals surface area contributed by atoms with E-state index < -0.39 is 6.10 Å². The average molecular weight is 825 g/mol. The summed E-state index contributed by atoms with van der Waals surface area (Å²) in [5.41, 5.74) is 0. The van der Waals surface area contributed by atoms with Gasteiger partial charge < -0.3 is 14.2 Å². The normalized spacial score (nSPS) is 12.5. The highest BCUT2D eigenvalue weighted by Crippen LogP contribution is 2.14. The summed E-state index contributed by atoms with van der Waals surface area (Å²) in [5.74, 6) is -0.927. The molecule has 0 aromatic heterocycles.